The van der Waals surface area contributed by atoms with Crippen molar-refractivity contribution in [2.45, 2.75) is 11.4 Å². The van der Waals surface area contributed by atoms with E-state index in [0.717, 1.165) is 5.69 Å². The first-order valence-electron chi connectivity index (χ1n) is 9.80. The van der Waals surface area contributed by atoms with Gasteiger partial charge in [0.05, 0.1) is 26.5 Å². The van der Waals surface area contributed by atoms with Crippen LogP contribution in [0.5, 0.6) is 11.5 Å². The molecule has 11 heteroatoms. The molecule has 2 heterocycles. The molecule has 1 aliphatic rings. The number of sulfonamides is 1. The Hall–Kier alpha value is -3.02. The van der Waals surface area contributed by atoms with Crippen molar-refractivity contribution < 1.29 is 17.9 Å². The fraction of sp³-hybridized carbons (Fsp3) is 0.350. The summed E-state index contributed by atoms with van der Waals surface area (Å²) in [6.07, 6.45) is 0. The highest BCUT2D eigenvalue weighted by molar-refractivity contribution is 7.89. The lowest BCUT2D eigenvalue weighted by Gasteiger charge is -2.33. The molecule has 0 spiro atoms. The number of ether oxygens (including phenoxy) is 2. The molecular formula is C20H24N6O4S. The van der Waals surface area contributed by atoms with Crippen molar-refractivity contribution in [2.75, 3.05) is 40.4 Å². The zero-order chi connectivity index (χ0) is 21.8. The van der Waals surface area contributed by atoms with E-state index in [-0.39, 0.29) is 10.6 Å². The van der Waals surface area contributed by atoms with E-state index < -0.39 is 10.0 Å². The number of tetrazole rings is 1. The molecule has 0 aliphatic carbocycles. The summed E-state index contributed by atoms with van der Waals surface area (Å²) < 4.78 is 40.0. The Morgan fingerprint density at radius 3 is 2.39 bits per heavy atom. The van der Waals surface area contributed by atoms with Gasteiger partial charge in [0.1, 0.15) is 16.4 Å². The standard InChI is InChI=1S/C20H24N6O4S/c1-29-17-8-9-19(18(14-17)30-2)31(27,28)25-12-10-24(11-13-25)15-20-21-22-23-26(20)16-6-4-3-5-7-16/h3-9,14H,10-13,15H2,1-2H3. The first-order valence-corrected chi connectivity index (χ1v) is 11.2. The minimum Gasteiger partial charge on any atom is -0.497 e. The third-order valence-electron chi connectivity index (χ3n) is 5.22. The number of aromatic nitrogens is 4. The Morgan fingerprint density at radius 2 is 1.71 bits per heavy atom. The van der Waals surface area contributed by atoms with Crippen molar-refractivity contribution in [3.63, 3.8) is 0 Å². The van der Waals surface area contributed by atoms with Crippen LogP contribution in [-0.2, 0) is 16.6 Å². The number of para-hydroxylation sites is 1. The first kappa shape index (κ1) is 21.2. The van der Waals surface area contributed by atoms with E-state index in [1.165, 1.54) is 24.6 Å². The highest BCUT2D eigenvalue weighted by Gasteiger charge is 2.31. The number of piperazine rings is 1. The van der Waals surface area contributed by atoms with E-state index in [1.54, 1.807) is 16.8 Å². The van der Waals surface area contributed by atoms with Crippen LogP contribution in [0.1, 0.15) is 5.82 Å². The summed E-state index contributed by atoms with van der Waals surface area (Å²) >= 11 is 0. The van der Waals surface area contributed by atoms with Crippen LogP contribution in [0.15, 0.2) is 53.4 Å². The second-order valence-electron chi connectivity index (χ2n) is 7.04. The molecule has 31 heavy (non-hydrogen) atoms. The summed E-state index contributed by atoms with van der Waals surface area (Å²) in [5.74, 6) is 1.51. The van der Waals surface area contributed by atoms with Gasteiger partial charge in [-0.3, -0.25) is 4.90 Å². The highest BCUT2D eigenvalue weighted by atomic mass is 32.2. The molecule has 3 aromatic rings. The maximum atomic E-state index is 13.2. The van der Waals surface area contributed by atoms with Crippen LogP contribution < -0.4 is 9.47 Å². The average Bonchev–Trinajstić information content (AvgIpc) is 3.27. The summed E-state index contributed by atoms with van der Waals surface area (Å²) in [7, 11) is -0.715. The summed E-state index contributed by atoms with van der Waals surface area (Å²) in [6.45, 7) is 2.40. The van der Waals surface area contributed by atoms with Gasteiger partial charge in [0, 0.05) is 32.2 Å². The van der Waals surface area contributed by atoms with Crippen molar-refractivity contribution in [3.8, 4) is 17.2 Å². The lowest BCUT2D eigenvalue weighted by atomic mass is 10.3. The zero-order valence-corrected chi connectivity index (χ0v) is 18.2. The molecule has 2 aromatic carbocycles. The van der Waals surface area contributed by atoms with Gasteiger partial charge in [-0.15, -0.1) is 5.10 Å². The van der Waals surface area contributed by atoms with Crippen LogP contribution in [0.3, 0.4) is 0 Å². The maximum Gasteiger partial charge on any atom is 0.246 e. The predicted octanol–water partition coefficient (Wildman–Crippen LogP) is 1.19. The number of hydrogen-bond acceptors (Lipinski definition) is 8. The predicted molar refractivity (Wildman–Crippen MR) is 113 cm³/mol. The molecule has 1 aliphatic heterocycles. The number of nitrogens with zero attached hydrogens (tertiary/aromatic N) is 6. The van der Waals surface area contributed by atoms with Crippen molar-refractivity contribution in [1.29, 1.82) is 0 Å². The van der Waals surface area contributed by atoms with Crippen LogP contribution in [-0.4, -0.2) is 78.2 Å². The van der Waals surface area contributed by atoms with Crippen LogP contribution in [0.4, 0.5) is 0 Å². The van der Waals surface area contributed by atoms with Gasteiger partial charge in [0.15, 0.2) is 5.82 Å². The molecule has 10 nitrogen and oxygen atoms in total. The second kappa shape index (κ2) is 9.00. The quantitative estimate of drug-likeness (QED) is 0.535. The molecule has 1 saturated heterocycles. The smallest absolute Gasteiger partial charge is 0.246 e. The van der Waals surface area contributed by atoms with Crippen molar-refractivity contribution in [1.82, 2.24) is 29.4 Å². The summed E-state index contributed by atoms with van der Waals surface area (Å²) in [5.41, 5.74) is 0.885. The second-order valence-corrected chi connectivity index (χ2v) is 8.95. The van der Waals surface area contributed by atoms with Crippen LogP contribution in [0.2, 0.25) is 0 Å². The summed E-state index contributed by atoms with van der Waals surface area (Å²) in [5, 5.41) is 12.0. The fourth-order valence-corrected chi connectivity index (χ4v) is 5.09. The van der Waals surface area contributed by atoms with E-state index >= 15 is 0 Å². The van der Waals surface area contributed by atoms with E-state index in [9.17, 15) is 8.42 Å². The molecule has 0 bridgehead atoms. The maximum absolute atomic E-state index is 13.2. The summed E-state index contributed by atoms with van der Waals surface area (Å²) in [6, 6.07) is 14.4. The van der Waals surface area contributed by atoms with Gasteiger partial charge in [0.25, 0.3) is 0 Å². The lowest BCUT2D eigenvalue weighted by molar-refractivity contribution is 0.177. The lowest BCUT2D eigenvalue weighted by Crippen LogP contribution is -2.48. The Bertz CT molecular complexity index is 1130. The number of methoxy groups -OCH3 is 2. The fourth-order valence-electron chi connectivity index (χ4n) is 3.53. The van der Waals surface area contributed by atoms with Crippen molar-refractivity contribution >= 4 is 10.0 Å². The highest BCUT2D eigenvalue weighted by Crippen LogP contribution is 2.31. The minimum atomic E-state index is -3.69. The third kappa shape index (κ3) is 4.38. The molecule has 164 valence electrons. The molecule has 0 N–H and O–H groups in total. The molecule has 4 rings (SSSR count). The van der Waals surface area contributed by atoms with Gasteiger partial charge in [-0.05, 0) is 34.7 Å². The Morgan fingerprint density at radius 1 is 0.968 bits per heavy atom. The zero-order valence-electron chi connectivity index (χ0n) is 17.4. The molecule has 0 atom stereocenters. The Kier molecular flexibility index (Phi) is 6.16. The van der Waals surface area contributed by atoms with Crippen molar-refractivity contribution in [2.24, 2.45) is 0 Å². The number of rotatable bonds is 7. The monoisotopic (exact) mass is 444 g/mol. The molecule has 0 saturated carbocycles. The van der Waals surface area contributed by atoms with E-state index in [1.807, 2.05) is 30.3 Å². The van der Waals surface area contributed by atoms with Gasteiger partial charge >= 0.3 is 0 Å². The molecule has 1 fully saturated rings. The molecule has 0 amide bonds. The van der Waals surface area contributed by atoms with E-state index in [0.29, 0.717) is 44.3 Å². The van der Waals surface area contributed by atoms with Gasteiger partial charge in [0.2, 0.25) is 10.0 Å². The normalized spacial score (nSPS) is 15.7. The molecule has 0 radical (unpaired) electrons. The van der Waals surface area contributed by atoms with Gasteiger partial charge in [-0.25, -0.2) is 8.42 Å². The number of hydrogen-bond donors (Lipinski definition) is 0. The average molecular weight is 445 g/mol. The SMILES string of the molecule is COc1ccc(S(=O)(=O)N2CCN(Cc3nnnn3-c3ccccc3)CC2)c(OC)c1. The van der Waals surface area contributed by atoms with E-state index in [2.05, 4.69) is 20.4 Å². The Balaban J connectivity index is 1.44. The molecular weight excluding hydrogens is 420 g/mol. The number of benzene rings is 2. The van der Waals surface area contributed by atoms with Crippen molar-refractivity contribution in [3.05, 3.63) is 54.4 Å². The van der Waals surface area contributed by atoms with Gasteiger partial charge in [-0.2, -0.15) is 8.99 Å². The summed E-state index contributed by atoms with van der Waals surface area (Å²) in [4.78, 5) is 2.28. The molecule has 0 unspecified atom stereocenters. The third-order valence-corrected chi connectivity index (χ3v) is 7.16. The topological polar surface area (TPSA) is 103 Å². The van der Waals surface area contributed by atoms with Crippen LogP contribution in [0, 0.1) is 0 Å². The largest absolute Gasteiger partial charge is 0.497 e. The minimum absolute atomic E-state index is 0.136. The van der Waals surface area contributed by atoms with E-state index in [4.69, 9.17) is 9.47 Å². The molecule has 1 aromatic heterocycles. The van der Waals surface area contributed by atoms with Crippen LogP contribution in [0.25, 0.3) is 5.69 Å². The Labute approximate surface area is 181 Å². The van der Waals surface area contributed by atoms with Gasteiger partial charge < -0.3 is 9.47 Å². The van der Waals surface area contributed by atoms with Gasteiger partial charge in [-0.1, -0.05) is 18.2 Å². The van der Waals surface area contributed by atoms with Crippen LogP contribution >= 0.6 is 0 Å². The first-order chi connectivity index (χ1) is 15.0.